The third-order valence-electron chi connectivity index (χ3n) is 5.44. The predicted octanol–water partition coefficient (Wildman–Crippen LogP) is 3.37. The largest absolute Gasteiger partial charge is 0.417 e. The Kier molecular flexibility index (Phi) is 6.48. The molecule has 160 valence electrons. The number of nitriles is 1. The van der Waals surface area contributed by atoms with Crippen molar-refractivity contribution in [2.45, 2.75) is 38.0 Å². The van der Waals surface area contributed by atoms with E-state index >= 15 is 0 Å². The fourth-order valence-electron chi connectivity index (χ4n) is 3.92. The molecule has 0 bridgehead atoms. The molecule has 30 heavy (non-hydrogen) atoms. The topological polar surface area (TPSA) is 85.3 Å². The summed E-state index contributed by atoms with van der Waals surface area (Å²) in [5.41, 5.74) is 0.833. The minimum absolute atomic E-state index is 0.0518. The lowest BCUT2D eigenvalue weighted by Gasteiger charge is -2.31. The highest BCUT2D eigenvalue weighted by molar-refractivity contribution is 5.67. The molecule has 1 atom stereocenters. The highest BCUT2D eigenvalue weighted by Gasteiger charge is 2.35. The van der Waals surface area contributed by atoms with Gasteiger partial charge >= 0.3 is 6.18 Å². The lowest BCUT2D eigenvalue weighted by molar-refractivity contribution is -0.137. The van der Waals surface area contributed by atoms with Gasteiger partial charge in [-0.15, -0.1) is 0 Å². The maximum atomic E-state index is 13.4. The summed E-state index contributed by atoms with van der Waals surface area (Å²) >= 11 is 0. The number of rotatable bonds is 7. The molecule has 1 aliphatic carbocycles. The van der Waals surface area contributed by atoms with Crippen molar-refractivity contribution in [3.05, 3.63) is 53.6 Å². The number of halogens is 3. The van der Waals surface area contributed by atoms with E-state index in [0.717, 1.165) is 17.3 Å². The molecular weight excluding hydrogens is 397 g/mol. The number of anilines is 1. The molecule has 0 saturated carbocycles. The minimum atomic E-state index is -4.60. The molecule has 0 spiro atoms. The molecule has 0 amide bonds. The van der Waals surface area contributed by atoms with Crippen LogP contribution in [0.1, 0.15) is 42.6 Å². The van der Waals surface area contributed by atoms with Gasteiger partial charge in [-0.05, 0) is 43.5 Å². The lowest BCUT2D eigenvalue weighted by Crippen LogP contribution is -2.33. The monoisotopic (exact) mass is 420 g/mol. The van der Waals surface area contributed by atoms with E-state index in [1.54, 1.807) is 29.2 Å². The first kappa shape index (κ1) is 21.9. The second kappa shape index (κ2) is 8.90. The predicted molar refractivity (Wildman–Crippen MR) is 106 cm³/mol. The Morgan fingerprint density at radius 2 is 2.07 bits per heavy atom. The van der Waals surface area contributed by atoms with Gasteiger partial charge in [0.15, 0.2) is 0 Å². The van der Waals surface area contributed by atoms with Gasteiger partial charge in [-0.1, -0.05) is 6.08 Å². The summed E-state index contributed by atoms with van der Waals surface area (Å²) in [6, 6.07) is 4.86. The smallest absolute Gasteiger partial charge is 0.394 e. The zero-order chi connectivity index (χ0) is 21.9. The zero-order valence-electron chi connectivity index (χ0n) is 16.5. The number of aromatic nitrogens is 2. The SMILES string of the molecule is CCN(c1ccc(C#N)c(C(F)(F)F)c1)C1CC=C(c2cncn2C(CO)CO)C1. The van der Waals surface area contributed by atoms with Gasteiger partial charge in [-0.3, -0.25) is 0 Å². The van der Waals surface area contributed by atoms with Gasteiger partial charge in [-0.2, -0.15) is 18.4 Å². The van der Waals surface area contributed by atoms with E-state index in [1.807, 2.05) is 17.9 Å². The van der Waals surface area contributed by atoms with Crippen molar-refractivity contribution in [2.24, 2.45) is 0 Å². The molecule has 1 heterocycles. The highest BCUT2D eigenvalue weighted by Crippen LogP contribution is 2.38. The number of aliphatic hydroxyl groups excluding tert-OH is 2. The highest BCUT2D eigenvalue weighted by atomic mass is 19.4. The summed E-state index contributed by atoms with van der Waals surface area (Å²) in [4.78, 5) is 6.02. The van der Waals surface area contributed by atoms with Gasteiger partial charge < -0.3 is 19.7 Å². The fourth-order valence-corrected chi connectivity index (χ4v) is 3.92. The Bertz CT molecular complexity index is 958. The number of alkyl halides is 3. The van der Waals surface area contributed by atoms with Crippen LogP contribution in [0.2, 0.25) is 0 Å². The molecule has 9 heteroatoms. The fraction of sp³-hybridized carbons (Fsp3) is 0.429. The van der Waals surface area contributed by atoms with Crippen molar-refractivity contribution in [1.82, 2.24) is 9.55 Å². The average Bonchev–Trinajstić information content (AvgIpc) is 3.39. The first-order valence-electron chi connectivity index (χ1n) is 9.64. The lowest BCUT2D eigenvalue weighted by atomic mass is 10.0. The Morgan fingerprint density at radius 1 is 1.33 bits per heavy atom. The van der Waals surface area contributed by atoms with Crippen LogP contribution >= 0.6 is 0 Å². The number of hydrogen-bond donors (Lipinski definition) is 2. The van der Waals surface area contributed by atoms with Crippen molar-refractivity contribution in [2.75, 3.05) is 24.7 Å². The van der Waals surface area contributed by atoms with Crippen LogP contribution < -0.4 is 4.90 Å². The van der Waals surface area contributed by atoms with Crippen molar-refractivity contribution in [3.63, 3.8) is 0 Å². The van der Waals surface area contributed by atoms with Crippen LogP contribution in [0, 0.1) is 11.3 Å². The van der Waals surface area contributed by atoms with E-state index < -0.39 is 23.3 Å². The van der Waals surface area contributed by atoms with Crippen LogP contribution in [-0.2, 0) is 6.18 Å². The zero-order valence-corrected chi connectivity index (χ0v) is 16.5. The Labute approximate surface area is 172 Å². The van der Waals surface area contributed by atoms with E-state index in [9.17, 15) is 23.4 Å². The van der Waals surface area contributed by atoms with Gasteiger partial charge in [0, 0.05) is 18.3 Å². The third-order valence-corrected chi connectivity index (χ3v) is 5.44. The van der Waals surface area contributed by atoms with Crippen LogP contribution in [0.25, 0.3) is 5.57 Å². The molecule has 3 rings (SSSR count). The molecule has 0 saturated heterocycles. The number of nitrogens with zero attached hydrogens (tertiary/aromatic N) is 4. The quantitative estimate of drug-likeness (QED) is 0.717. The van der Waals surface area contributed by atoms with Gasteiger partial charge in [0.25, 0.3) is 0 Å². The molecule has 2 N–H and O–H groups in total. The van der Waals surface area contributed by atoms with Crippen LogP contribution in [-0.4, -0.2) is 45.6 Å². The maximum absolute atomic E-state index is 13.4. The van der Waals surface area contributed by atoms with Crippen molar-refractivity contribution in [3.8, 4) is 6.07 Å². The molecule has 2 aromatic rings. The molecule has 1 aromatic carbocycles. The van der Waals surface area contributed by atoms with Crippen LogP contribution in [0.5, 0.6) is 0 Å². The standard InChI is InChI=1S/C21H23F3N4O2/c1-2-27(17-6-4-15(9-25)19(8-17)21(22,23)24)16-5-3-14(7-16)20-10-26-13-28(20)18(11-29)12-30/h3-4,6,8,10,13,16,18,29-30H,2,5,7,11-12H2,1H3. The van der Waals surface area contributed by atoms with E-state index in [-0.39, 0.29) is 19.3 Å². The molecule has 1 aliphatic rings. The molecule has 6 nitrogen and oxygen atoms in total. The van der Waals surface area contributed by atoms with Crippen molar-refractivity contribution in [1.29, 1.82) is 5.26 Å². The van der Waals surface area contributed by atoms with Crippen LogP contribution in [0.15, 0.2) is 36.8 Å². The Morgan fingerprint density at radius 3 is 2.67 bits per heavy atom. The van der Waals surface area contributed by atoms with E-state index in [1.165, 1.54) is 6.07 Å². The van der Waals surface area contributed by atoms with Crippen molar-refractivity contribution < 1.29 is 23.4 Å². The summed E-state index contributed by atoms with van der Waals surface area (Å²) < 4.78 is 41.8. The first-order valence-corrected chi connectivity index (χ1v) is 9.64. The number of imidazole rings is 1. The van der Waals surface area contributed by atoms with Crippen molar-refractivity contribution >= 4 is 11.3 Å². The first-order chi connectivity index (χ1) is 14.3. The summed E-state index contributed by atoms with van der Waals surface area (Å²) in [6.07, 6.45) is 1.85. The summed E-state index contributed by atoms with van der Waals surface area (Å²) in [7, 11) is 0. The molecule has 1 aromatic heterocycles. The number of hydrogen-bond acceptors (Lipinski definition) is 5. The van der Waals surface area contributed by atoms with E-state index in [2.05, 4.69) is 4.98 Å². The normalized spacial score (nSPS) is 16.6. The number of aliphatic hydroxyl groups is 2. The van der Waals surface area contributed by atoms with Gasteiger partial charge in [0.05, 0.1) is 54.7 Å². The number of benzene rings is 1. The molecular formula is C21H23F3N4O2. The average molecular weight is 420 g/mol. The minimum Gasteiger partial charge on any atom is -0.394 e. The van der Waals surface area contributed by atoms with Gasteiger partial charge in [-0.25, -0.2) is 4.98 Å². The van der Waals surface area contributed by atoms with Crippen LogP contribution in [0.4, 0.5) is 18.9 Å². The molecule has 0 aliphatic heterocycles. The maximum Gasteiger partial charge on any atom is 0.417 e. The van der Waals surface area contributed by atoms with Gasteiger partial charge in [0.1, 0.15) is 0 Å². The summed E-state index contributed by atoms with van der Waals surface area (Å²) in [6.45, 7) is 1.91. The second-order valence-corrected chi connectivity index (χ2v) is 7.15. The van der Waals surface area contributed by atoms with E-state index in [4.69, 9.17) is 5.26 Å². The van der Waals surface area contributed by atoms with Gasteiger partial charge in [0.2, 0.25) is 0 Å². The molecule has 0 radical (unpaired) electrons. The molecule has 0 fully saturated rings. The summed E-state index contributed by atoms with van der Waals surface area (Å²) in [5.74, 6) is 0. The summed E-state index contributed by atoms with van der Waals surface area (Å²) in [5, 5.41) is 28.0. The molecule has 1 unspecified atom stereocenters. The van der Waals surface area contributed by atoms with E-state index in [0.29, 0.717) is 25.1 Å². The second-order valence-electron chi connectivity index (χ2n) is 7.15. The Hall–Kier alpha value is -2.83. The third kappa shape index (κ3) is 4.20. The van der Waals surface area contributed by atoms with Crippen LogP contribution in [0.3, 0.4) is 0 Å². The Balaban J connectivity index is 1.85.